The Labute approximate surface area is 101 Å². The summed E-state index contributed by atoms with van der Waals surface area (Å²) in [6.07, 6.45) is 1.90. The van der Waals surface area contributed by atoms with Gasteiger partial charge in [-0.25, -0.2) is 0 Å². The number of rotatable bonds is 3. The van der Waals surface area contributed by atoms with E-state index < -0.39 is 0 Å². The molecule has 0 bridgehead atoms. The van der Waals surface area contributed by atoms with Crippen molar-refractivity contribution in [3.05, 3.63) is 29.3 Å². The van der Waals surface area contributed by atoms with Crippen molar-refractivity contribution in [3.8, 4) is 5.75 Å². The second kappa shape index (κ2) is 4.06. The Morgan fingerprint density at radius 1 is 1.53 bits per heavy atom. The van der Waals surface area contributed by atoms with Crippen molar-refractivity contribution >= 4 is 5.97 Å². The molecule has 2 atom stereocenters. The number of esters is 1. The van der Waals surface area contributed by atoms with Crippen LogP contribution in [0.1, 0.15) is 30.4 Å². The number of ether oxygens (including phenoxy) is 2. The molecule has 1 saturated carbocycles. The highest BCUT2D eigenvalue weighted by Crippen LogP contribution is 2.51. The second-order valence-corrected chi connectivity index (χ2v) is 4.62. The lowest BCUT2D eigenvalue weighted by atomic mass is 10.00. The molecular weight excluding hydrogens is 216 g/mol. The maximum absolute atomic E-state index is 11.6. The molecule has 0 amide bonds. The summed E-state index contributed by atoms with van der Waals surface area (Å²) in [4.78, 5) is 11.6. The first-order valence-electron chi connectivity index (χ1n) is 6.22. The maximum Gasteiger partial charge on any atom is 0.309 e. The first kappa shape index (κ1) is 10.6. The van der Waals surface area contributed by atoms with Gasteiger partial charge < -0.3 is 9.47 Å². The zero-order chi connectivity index (χ0) is 11.8. The lowest BCUT2D eigenvalue weighted by Gasteiger charge is -2.06. The van der Waals surface area contributed by atoms with Gasteiger partial charge in [0.15, 0.2) is 0 Å². The van der Waals surface area contributed by atoms with Crippen LogP contribution < -0.4 is 4.74 Å². The molecule has 17 heavy (non-hydrogen) atoms. The minimum absolute atomic E-state index is 0.0472. The monoisotopic (exact) mass is 232 g/mol. The van der Waals surface area contributed by atoms with Gasteiger partial charge in [0, 0.05) is 12.0 Å². The van der Waals surface area contributed by atoms with Crippen LogP contribution in [0, 0.1) is 5.92 Å². The molecule has 2 unspecified atom stereocenters. The van der Waals surface area contributed by atoms with E-state index in [1.54, 1.807) is 0 Å². The maximum atomic E-state index is 11.6. The van der Waals surface area contributed by atoms with Gasteiger partial charge in [-0.1, -0.05) is 12.1 Å². The third-order valence-corrected chi connectivity index (χ3v) is 3.56. The summed E-state index contributed by atoms with van der Waals surface area (Å²) in [5.41, 5.74) is 2.59. The lowest BCUT2D eigenvalue weighted by Crippen LogP contribution is -2.07. The van der Waals surface area contributed by atoms with Crippen molar-refractivity contribution < 1.29 is 14.3 Å². The van der Waals surface area contributed by atoms with E-state index in [0.717, 1.165) is 25.2 Å². The molecule has 0 saturated heterocycles. The average Bonchev–Trinajstić information content (AvgIpc) is 2.98. The average molecular weight is 232 g/mol. The summed E-state index contributed by atoms with van der Waals surface area (Å²) < 4.78 is 10.6. The summed E-state index contributed by atoms with van der Waals surface area (Å²) >= 11 is 0. The van der Waals surface area contributed by atoms with Crippen LogP contribution in [-0.4, -0.2) is 19.2 Å². The SMILES string of the molecule is CCOC(=O)C1CC1c1cccc2c1CCO2. The van der Waals surface area contributed by atoms with Gasteiger partial charge in [-0.3, -0.25) is 4.79 Å². The highest BCUT2D eigenvalue weighted by Gasteiger charge is 2.46. The predicted octanol–water partition coefficient (Wildman–Crippen LogP) is 2.29. The Morgan fingerprint density at radius 3 is 3.24 bits per heavy atom. The van der Waals surface area contributed by atoms with E-state index in [-0.39, 0.29) is 11.9 Å². The summed E-state index contributed by atoms with van der Waals surface area (Å²) in [5.74, 6) is 1.37. The van der Waals surface area contributed by atoms with Crippen LogP contribution in [0.4, 0.5) is 0 Å². The van der Waals surface area contributed by atoms with Crippen LogP contribution in [0.2, 0.25) is 0 Å². The van der Waals surface area contributed by atoms with E-state index in [4.69, 9.17) is 9.47 Å². The fourth-order valence-corrected chi connectivity index (χ4v) is 2.64. The van der Waals surface area contributed by atoms with Gasteiger partial charge in [0.1, 0.15) is 5.75 Å². The number of benzene rings is 1. The molecule has 2 aliphatic rings. The topological polar surface area (TPSA) is 35.5 Å². The fourth-order valence-electron chi connectivity index (χ4n) is 2.64. The molecular formula is C14H16O3. The van der Waals surface area contributed by atoms with Gasteiger partial charge in [-0.05, 0) is 30.9 Å². The molecule has 1 heterocycles. The van der Waals surface area contributed by atoms with Gasteiger partial charge in [-0.15, -0.1) is 0 Å². The van der Waals surface area contributed by atoms with E-state index in [1.165, 1.54) is 11.1 Å². The molecule has 1 aromatic rings. The lowest BCUT2D eigenvalue weighted by molar-refractivity contribution is -0.144. The van der Waals surface area contributed by atoms with E-state index in [1.807, 2.05) is 19.1 Å². The molecule has 0 aromatic heterocycles. The summed E-state index contributed by atoms with van der Waals surface area (Å²) in [5, 5.41) is 0. The minimum atomic E-state index is -0.0472. The Hall–Kier alpha value is -1.51. The summed E-state index contributed by atoms with van der Waals surface area (Å²) in [6.45, 7) is 3.09. The van der Waals surface area contributed by atoms with Crippen molar-refractivity contribution in [3.63, 3.8) is 0 Å². The largest absolute Gasteiger partial charge is 0.493 e. The molecule has 0 N–H and O–H groups in total. The van der Waals surface area contributed by atoms with Gasteiger partial charge in [-0.2, -0.15) is 0 Å². The van der Waals surface area contributed by atoms with Crippen molar-refractivity contribution in [2.45, 2.75) is 25.7 Å². The van der Waals surface area contributed by atoms with Crippen LogP contribution in [-0.2, 0) is 16.0 Å². The second-order valence-electron chi connectivity index (χ2n) is 4.62. The number of carbonyl (C=O) groups is 1. The zero-order valence-electron chi connectivity index (χ0n) is 9.94. The Kier molecular flexibility index (Phi) is 2.54. The normalized spacial score (nSPS) is 25.0. The summed E-state index contributed by atoms with van der Waals surface area (Å²) in [6, 6.07) is 6.14. The van der Waals surface area contributed by atoms with Crippen LogP contribution in [0.15, 0.2) is 18.2 Å². The Balaban J connectivity index is 1.79. The zero-order valence-corrected chi connectivity index (χ0v) is 9.94. The van der Waals surface area contributed by atoms with Crippen LogP contribution in [0.25, 0.3) is 0 Å². The van der Waals surface area contributed by atoms with Gasteiger partial charge in [0.05, 0.1) is 19.1 Å². The van der Waals surface area contributed by atoms with Crippen molar-refractivity contribution in [1.29, 1.82) is 0 Å². The molecule has 3 nitrogen and oxygen atoms in total. The van der Waals surface area contributed by atoms with E-state index in [9.17, 15) is 4.79 Å². The number of hydrogen-bond donors (Lipinski definition) is 0. The standard InChI is InChI=1S/C14H16O3/c1-2-16-14(15)12-8-11(12)9-4-3-5-13-10(9)6-7-17-13/h3-5,11-12H,2,6-8H2,1H3. The van der Waals surface area contributed by atoms with Gasteiger partial charge in [0.25, 0.3) is 0 Å². The van der Waals surface area contributed by atoms with E-state index in [2.05, 4.69) is 6.07 Å². The summed E-state index contributed by atoms with van der Waals surface area (Å²) in [7, 11) is 0. The molecule has 1 fully saturated rings. The Morgan fingerprint density at radius 2 is 2.41 bits per heavy atom. The number of hydrogen-bond acceptors (Lipinski definition) is 3. The molecule has 1 aliphatic carbocycles. The highest BCUT2D eigenvalue weighted by molar-refractivity contribution is 5.77. The third kappa shape index (κ3) is 1.79. The molecule has 1 aliphatic heterocycles. The number of carbonyl (C=O) groups excluding carboxylic acids is 1. The smallest absolute Gasteiger partial charge is 0.309 e. The van der Waals surface area contributed by atoms with Crippen LogP contribution in [0.5, 0.6) is 5.75 Å². The van der Waals surface area contributed by atoms with Gasteiger partial charge in [0.2, 0.25) is 0 Å². The first-order valence-corrected chi connectivity index (χ1v) is 6.22. The molecule has 1 aromatic carbocycles. The predicted molar refractivity (Wildman–Crippen MR) is 63.1 cm³/mol. The molecule has 3 heteroatoms. The molecule has 0 spiro atoms. The van der Waals surface area contributed by atoms with Gasteiger partial charge >= 0.3 is 5.97 Å². The fraction of sp³-hybridized carbons (Fsp3) is 0.500. The quantitative estimate of drug-likeness (QED) is 0.750. The van der Waals surface area contributed by atoms with Crippen molar-refractivity contribution in [1.82, 2.24) is 0 Å². The Bertz CT molecular complexity index is 453. The highest BCUT2D eigenvalue weighted by atomic mass is 16.5. The van der Waals surface area contributed by atoms with Crippen LogP contribution >= 0.6 is 0 Å². The molecule has 90 valence electrons. The van der Waals surface area contributed by atoms with Crippen LogP contribution in [0.3, 0.4) is 0 Å². The third-order valence-electron chi connectivity index (χ3n) is 3.56. The molecule has 3 rings (SSSR count). The van der Waals surface area contributed by atoms with E-state index in [0.29, 0.717) is 12.5 Å². The minimum Gasteiger partial charge on any atom is -0.493 e. The van der Waals surface area contributed by atoms with E-state index >= 15 is 0 Å². The molecule has 0 radical (unpaired) electrons. The first-order chi connectivity index (χ1) is 8.31. The van der Waals surface area contributed by atoms with Crippen molar-refractivity contribution in [2.75, 3.05) is 13.2 Å². The van der Waals surface area contributed by atoms with Crippen molar-refractivity contribution in [2.24, 2.45) is 5.92 Å². The number of fused-ring (bicyclic) bond motifs is 1.